The minimum atomic E-state index is -0.542. The topological polar surface area (TPSA) is 41.5 Å². The van der Waals surface area contributed by atoms with Gasteiger partial charge in [0.15, 0.2) is 0 Å². The number of rotatable bonds is 7. The van der Waals surface area contributed by atoms with Crippen molar-refractivity contribution in [2.45, 2.75) is 12.5 Å². The Balaban J connectivity index is 1.58. The summed E-state index contributed by atoms with van der Waals surface area (Å²) < 4.78 is 18.1. The molecule has 1 fully saturated rings. The van der Waals surface area contributed by atoms with Crippen LogP contribution in [0.3, 0.4) is 0 Å². The number of hydrogen-bond acceptors (Lipinski definition) is 4. The quantitative estimate of drug-likeness (QED) is 0.803. The van der Waals surface area contributed by atoms with Gasteiger partial charge in [-0.1, -0.05) is 0 Å². The van der Waals surface area contributed by atoms with E-state index in [0.29, 0.717) is 12.3 Å². The van der Waals surface area contributed by atoms with Crippen molar-refractivity contribution in [2.75, 3.05) is 31.2 Å². The van der Waals surface area contributed by atoms with E-state index in [1.807, 2.05) is 11.8 Å². The zero-order valence-electron chi connectivity index (χ0n) is 10.8. The summed E-state index contributed by atoms with van der Waals surface area (Å²) in [6.45, 7) is 1.71. The zero-order valence-corrected chi connectivity index (χ0v) is 11.7. The highest BCUT2D eigenvalue weighted by molar-refractivity contribution is 7.99. The minimum absolute atomic E-state index is 0.220. The normalized spacial score (nSPS) is 20.4. The van der Waals surface area contributed by atoms with E-state index in [0.717, 1.165) is 12.5 Å². The number of hydrogen-bond donors (Lipinski definition) is 2. The molecule has 0 bridgehead atoms. The third-order valence-corrected chi connectivity index (χ3v) is 4.32. The van der Waals surface area contributed by atoms with Crippen LogP contribution in [0.15, 0.2) is 24.3 Å². The van der Waals surface area contributed by atoms with Crippen LogP contribution in [0.1, 0.15) is 6.42 Å². The van der Waals surface area contributed by atoms with Crippen LogP contribution in [0.25, 0.3) is 0 Å². The Morgan fingerprint density at radius 2 is 2.21 bits per heavy atom. The van der Waals surface area contributed by atoms with Gasteiger partial charge in [0.1, 0.15) is 24.3 Å². The highest BCUT2D eigenvalue weighted by atomic mass is 32.2. The Hall–Kier alpha value is -0.780. The molecule has 19 heavy (non-hydrogen) atoms. The monoisotopic (exact) mass is 285 g/mol. The number of nitrogens with one attached hydrogen (secondary N) is 1. The summed E-state index contributed by atoms with van der Waals surface area (Å²) in [7, 11) is 0. The average molecular weight is 285 g/mol. The lowest BCUT2D eigenvalue weighted by Gasteiger charge is -2.15. The van der Waals surface area contributed by atoms with Gasteiger partial charge in [0, 0.05) is 6.54 Å². The zero-order chi connectivity index (χ0) is 13.5. The Morgan fingerprint density at radius 3 is 2.89 bits per heavy atom. The standard InChI is InChI=1S/C14H20FNO2S/c15-12-1-3-14(4-2-12)18-9-13(17)8-16-7-11-5-6-19-10-11/h1-4,11,13,16-17H,5-10H2. The maximum atomic E-state index is 12.7. The van der Waals surface area contributed by atoms with Gasteiger partial charge >= 0.3 is 0 Å². The number of benzene rings is 1. The molecular formula is C14H20FNO2S. The SMILES string of the molecule is OC(CNCC1CCSC1)COc1ccc(F)cc1. The van der Waals surface area contributed by atoms with Gasteiger partial charge in [-0.3, -0.25) is 0 Å². The van der Waals surface area contributed by atoms with E-state index in [1.165, 1.54) is 30.1 Å². The van der Waals surface area contributed by atoms with Gasteiger partial charge in [0.25, 0.3) is 0 Å². The van der Waals surface area contributed by atoms with Gasteiger partial charge in [-0.2, -0.15) is 11.8 Å². The predicted octanol–water partition coefficient (Wildman–Crippen LogP) is 1.91. The molecule has 2 unspecified atom stereocenters. The molecule has 5 heteroatoms. The first-order valence-corrected chi connectivity index (χ1v) is 7.74. The largest absolute Gasteiger partial charge is 0.491 e. The average Bonchev–Trinajstić information content (AvgIpc) is 2.91. The second-order valence-corrected chi connectivity index (χ2v) is 5.96. The van der Waals surface area contributed by atoms with Crippen molar-refractivity contribution in [3.05, 3.63) is 30.1 Å². The first-order valence-electron chi connectivity index (χ1n) is 6.59. The molecule has 0 aliphatic carbocycles. The summed E-state index contributed by atoms with van der Waals surface area (Å²) in [4.78, 5) is 0. The van der Waals surface area contributed by atoms with E-state index in [-0.39, 0.29) is 12.4 Å². The maximum absolute atomic E-state index is 12.7. The number of aliphatic hydroxyl groups is 1. The highest BCUT2D eigenvalue weighted by Crippen LogP contribution is 2.22. The molecule has 1 heterocycles. The summed E-state index contributed by atoms with van der Waals surface area (Å²) in [5.41, 5.74) is 0. The van der Waals surface area contributed by atoms with Crippen LogP contribution in [0.4, 0.5) is 4.39 Å². The van der Waals surface area contributed by atoms with Crippen LogP contribution in [-0.2, 0) is 0 Å². The molecule has 0 radical (unpaired) electrons. The summed E-state index contributed by atoms with van der Waals surface area (Å²) in [6.07, 6.45) is 0.721. The molecule has 2 rings (SSSR count). The molecule has 2 atom stereocenters. The van der Waals surface area contributed by atoms with E-state index in [9.17, 15) is 9.50 Å². The number of halogens is 1. The Kier molecular flexibility index (Phi) is 5.94. The molecule has 3 nitrogen and oxygen atoms in total. The molecule has 0 aromatic heterocycles. The van der Waals surface area contributed by atoms with Crippen LogP contribution in [0.5, 0.6) is 5.75 Å². The Labute approximate surface area is 117 Å². The summed E-state index contributed by atoms with van der Waals surface area (Å²) in [5, 5.41) is 13.0. The second-order valence-electron chi connectivity index (χ2n) is 4.81. The lowest BCUT2D eigenvalue weighted by molar-refractivity contribution is 0.105. The minimum Gasteiger partial charge on any atom is -0.491 e. The van der Waals surface area contributed by atoms with Gasteiger partial charge in [-0.25, -0.2) is 4.39 Å². The summed E-state index contributed by atoms with van der Waals surface area (Å²) >= 11 is 1.99. The van der Waals surface area contributed by atoms with E-state index in [1.54, 1.807) is 12.1 Å². The smallest absolute Gasteiger partial charge is 0.123 e. The van der Waals surface area contributed by atoms with Gasteiger partial charge in [-0.15, -0.1) is 0 Å². The molecule has 2 N–H and O–H groups in total. The van der Waals surface area contributed by atoms with Crippen LogP contribution < -0.4 is 10.1 Å². The van der Waals surface area contributed by atoms with Crippen molar-refractivity contribution in [1.82, 2.24) is 5.32 Å². The van der Waals surface area contributed by atoms with Crippen LogP contribution in [-0.4, -0.2) is 42.4 Å². The molecule has 0 spiro atoms. The lowest BCUT2D eigenvalue weighted by atomic mass is 10.1. The molecule has 1 aliphatic heterocycles. The molecule has 1 aromatic rings. The molecule has 0 amide bonds. The van der Waals surface area contributed by atoms with E-state index in [2.05, 4.69) is 5.32 Å². The third-order valence-electron chi connectivity index (χ3n) is 3.09. The maximum Gasteiger partial charge on any atom is 0.123 e. The highest BCUT2D eigenvalue weighted by Gasteiger charge is 2.15. The Morgan fingerprint density at radius 1 is 1.42 bits per heavy atom. The number of aliphatic hydroxyl groups excluding tert-OH is 1. The fourth-order valence-electron chi connectivity index (χ4n) is 1.98. The molecule has 1 saturated heterocycles. The summed E-state index contributed by atoms with van der Waals surface area (Å²) in [5.74, 6) is 3.49. The first kappa shape index (κ1) is 14.6. The van der Waals surface area contributed by atoms with Crippen LogP contribution in [0.2, 0.25) is 0 Å². The fourth-order valence-corrected chi connectivity index (χ4v) is 3.27. The van der Waals surface area contributed by atoms with Crippen LogP contribution >= 0.6 is 11.8 Å². The van der Waals surface area contributed by atoms with Crippen LogP contribution in [0, 0.1) is 11.7 Å². The van der Waals surface area contributed by atoms with Crippen molar-refractivity contribution in [3.8, 4) is 5.75 Å². The van der Waals surface area contributed by atoms with Crippen molar-refractivity contribution in [2.24, 2.45) is 5.92 Å². The Bertz CT molecular complexity index is 368. The van der Waals surface area contributed by atoms with E-state index < -0.39 is 6.10 Å². The fraction of sp³-hybridized carbons (Fsp3) is 0.571. The van der Waals surface area contributed by atoms with Gasteiger partial charge in [-0.05, 0) is 54.7 Å². The van der Waals surface area contributed by atoms with Gasteiger partial charge in [0.05, 0.1) is 0 Å². The third kappa shape index (κ3) is 5.38. The first-order chi connectivity index (χ1) is 9.24. The predicted molar refractivity (Wildman–Crippen MR) is 76.2 cm³/mol. The van der Waals surface area contributed by atoms with E-state index >= 15 is 0 Å². The van der Waals surface area contributed by atoms with Crippen molar-refractivity contribution in [3.63, 3.8) is 0 Å². The molecule has 0 saturated carbocycles. The number of thioether (sulfide) groups is 1. The number of ether oxygens (including phenoxy) is 1. The van der Waals surface area contributed by atoms with Crippen molar-refractivity contribution < 1.29 is 14.2 Å². The molecule has 1 aromatic carbocycles. The summed E-state index contributed by atoms with van der Waals surface area (Å²) in [6, 6.07) is 5.81. The van der Waals surface area contributed by atoms with E-state index in [4.69, 9.17) is 4.74 Å². The van der Waals surface area contributed by atoms with Crippen molar-refractivity contribution in [1.29, 1.82) is 0 Å². The van der Waals surface area contributed by atoms with Gasteiger partial charge < -0.3 is 15.2 Å². The van der Waals surface area contributed by atoms with Gasteiger partial charge in [0.2, 0.25) is 0 Å². The van der Waals surface area contributed by atoms with Crippen molar-refractivity contribution >= 4 is 11.8 Å². The molecule has 106 valence electrons. The molecule has 1 aliphatic rings. The molecular weight excluding hydrogens is 265 g/mol. The second kappa shape index (κ2) is 7.72. The lowest BCUT2D eigenvalue weighted by Crippen LogP contribution is -2.34.